The molecule has 30 heavy (non-hydrogen) atoms. The molecule has 1 saturated heterocycles. The smallest absolute Gasteiger partial charge is 0.321 e. The molecule has 154 valence electrons. The van der Waals surface area contributed by atoms with Crippen molar-refractivity contribution in [3.05, 3.63) is 84.7 Å². The van der Waals surface area contributed by atoms with Crippen LogP contribution >= 0.6 is 0 Å². The average molecular weight is 422 g/mol. The number of nitrogens with one attached hydrogen (secondary N) is 1. The van der Waals surface area contributed by atoms with Crippen LogP contribution in [-0.4, -0.2) is 39.3 Å². The van der Waals surface area contributed by atoms with Crippen LogP contribution < -0.4 is 10.1 Å². The van der Waals surface area contributed by atoms with Crippen molar-refractivity contribution in [3.63, 3.8) is 0 Å². The van der Waals surface area contributed by atoms with Crippen molar-refractivity contribution in [2.75, 3.05) is 18.4 Å². The number of rotatable bonds is 6. The molecule has 1 N–H and O–H groups in total. The van der Waals surface area contributed by atoms with Gasteiger partial charge in [0.15, 0.2) is 0 Å². The Kier molecular flexibility index (Phi) is 6.39. The van der Waals surface area contributed by atoms with E-state index in [1.54, 1.807) is 17.3 Å². The van der Waals surface area contributed by atoms with Crippen LogP contribution in [0.15, 0.2) is 84.0 Å². The number of ether oxygens (including phenoxy) is 1. The van der Waals surface area contributed by atoms with Crippen molar-refractivity contribution in [1.29, 1.82) is 0 Å². The standard InChI is InChI=1S/C23H23N3O3S/c27-23(26-14-11-21(16-26)29-20-9-12-24-13-10-20)25-19-6-4-5-18(15-19)17-30(28)22-7-2-1-3-8-22/h1-10,12-13,15,21H,11,14,16-17H2,(H,25,27). The van der Waals surface area contributed by atoms with Gasteiger partial charge in [-0.2, -0.15) is 0 Å². The Morgan fingerprint density at radius 1 is 1.10 bits per heavy atom. The monoisotopic (exact) mass is 421 g/mol. The first-order valence-electron chi connectivity index (χ1n) is 9.82. The van der Waals surface area contributed by atoms with Crippen LogP contribution in [0.25, 0.3) is 0 Å². The van der Waals surface area contributed by atoms with Crippen LogP contribution in [0.2, 0.25) is 0 Å². The molecular formula is C23H23N3O3S. The van der Waals surface area contributed by atoms with Gasteiger partial charge in [0.1, 0.15) is 11.9 Å². The van der Waals surface area contributed by atoms with Crippen LogP contribution in [0.3, 0.4) is 0 Å². The Balaban J connectivity index is 1.32. The van der Waals surface area contributed by atoms with Gasteiger partial charge in [0, 0.05) is 35.9 Å². The second kappa shape index (κ2) is 9.54. The molecule has 6 nitrogen and oxygen atoms in total. The molecule has 2 aromatic carbocycles. The molecule has 4 rings (SSSR count). The highest BCUT2D eigenvalue weighted by molar-refractivity contribution is 7.84. The largest absolute Gasteiger partial charge is 0.488 e. The maximum atomic E-state index is 12.7. The fourth-order valence-electron chi connectivity index (χ4n) is 3.37. The van der Waals surface area contributed by atoms with Crippen molar-refractivity contribution in [3.8, 4) is 5.75 Å². The minimum Gasteiger partial charge on any atom is -0.488 e. The molecule has 1 aromatic heterocycles. The van der Waals surface area contributed by atoms with E-state index in [0.717, 1.165) is 22.6 Å². The van der Waals surface area contributed by atoms with Gasteiger partial charge in [-0.25, -0.2) is 4.79 Å². The van der Waals surface area contributed by atoms with Gasteiger partial charge >= 0.3 is 6.03 Å². The van der Waals surface area contributed by atoms with Crippen molar-refractivity contribution in [2.45, 2.75) is 23.2 Å². The second-order valence-corrected chi connectivity index (χ2v) is 8.54. The Bertz CT molecular complexity index is 1010. The number of amides is 2. The fraction of sp³-hybridized carbons (Fsp3) is 0.217. The van der Waals surface area contributed by atoms with Crippen LogP contribution in [-0.2, 0) is 16.6 Å². The SMILES string of the molecule is O=C(Nc1cccc(CS(=O)c2ccccc2)c1)N1CCC(Oc2ccncc2)C1. The molecule has 3 aromatic rings. The number of anilines is 1. The molecular weight excluding hydrogens is 398 g/mol. The number of benzene rings is 2. The Labute approximate surface area is 178 Å². The number of carbonyl (C=O) groups is 1. The van der Waals surface area contributed by atoms with E-state index in [4.69, 9.17) is 4.74 Å². The molecule has 2 unspecified atom stereocenters. The van der Waals surface area contributed by atoms with Crippen LogP contribution in [0.5, 0.6) is 5.75 Å². The third-order valence-electron chi connectivity index (χ3n) is 4.87. The molecule has 1 aliphatic rings. The quantitative estimate of drug-likeness (QED) is 0.651. The van der Waals surface area contributed by atoms with Crippen molar-refractivity contribution >= 4 is 22.5 Å². The fourth-order valence-corrected chi connectivity index (χ4v) is 4.48. The number of aromatic nitrogens is 1. The minimum absolute atomic E-state index is 0.0298. The number of carbonyl (C=O) groups excluding carboxylic acids is 1. The van der Waals surface area contributed by atoms with Crippen LogP contribution in [0.4, 0.5) is 10.5 Å². The molecule has 0 radical (unpaired) electrons. The normalized spacial score (nSPS) is 16.8. The van der Waals surface area contributed by atoms with Gasteiger partial charge in [-0.3, -0.25) is 9.19 Å². The summed E-state index contributed by atoms with van der Waals surface area (Å²) in [7, 11) is -1.13. The molecule has 0 saturated carbocycles. The Morgan fingerprint density at radius 3 is 2.70 bits per heavy atom. The predicted octanol–water partition coefficient (Wildman–Crippen LogP) is 4.07. The lowest BCUT2D eigenvalue weighted by molar-refractivity contribution is 0.194. The third-order valence-corrected chi connectivity index (χ3v) is 6.26. The summed E-state index contributed by atoms with van der Waals surface area (Å²) in [5.41, 5.74) is 1.61. The zero-order chi connectivity index (χ0) is 20.8. The summed E-state index contributed by atoms with van der Waals surface area (Å²) >= 11 is 0. The van der Waals surface area contributed by atoms with Gasteiger partial charge in [-0.15, -0.1) is 0 Å². The Hall–Kier alpha value is -3.19. The number of hydrogen-bond donors (Lipinski definition) is 1. The van der Waals surface area contributed by atoms with E-state index < -0.39 is 10.8 Å². The van der Waals surface area contributed by atoms with Gasteiger partial charge in [-0.1, -0.05) is 30.3 Å². The first kappa shape index (κ1) is 20.1. The zero-order valence-electron chi connectivity index (χ0n) is 16.4. The van der Waals surface area contributed by atoms with Gasteiger partial charge in [-0.05, 0) is 42.0 Å². The number of likely N-dealkylation sites (tertiary alicyclic amines) is 1. The molecule has 7 heteroatoms. The number of urea groups is 1. The van der Waals surface area contributed by atoms with Crippen molar-refractivity contribution in [1.82, 2.24) is 9.88 Å². The first-order valence-corrected chi connectivity index (χ1v) is 11.1. The molecule has 1 fully saturated rings. The molecule has 0 bridgehead atoms. The van der Waals surface area contributed by atoms with Gasteiger partial charge < -0.3 is 15.0 Å². The van der Waals surface area contributed by atoms with Gasteiger partial charge in [0.05, 0.1) is 23.1 Å². The Morgan fingerprint density at radius 2 is 1.90 bits per heavy atom. The lowest BCUT2D eigenvalue weighted by Crippen LogP contribution is -2.34. The molecule has 0 spiro atoms. The number of nitrogens with zero attached hydrogens (tertiary/aromatic N) is 2. The van der Waals surface area contributed by atoms with Gasteiger partial charge in [0.25, 0.3) is 0 Å². The van der Waals surface area contributed by atoms with Gasteiger partial charge in [0.2, 0.25) is 0 Å². The molecule has 2 amide bonds. The molecule has 2 atom stereocenters. The zero-order valence-corrected chi connectivity index (χ0v) is 17.3. The summed E-state index contributed by atoms with van der Waals surface area (Å²) in [6.07, 6.45) is 4.13. The van der Waals surface area contributed by atoms with E-state index in [1.807, 2.05) is 66.7 Å². The topological polar surface area (TPSA) is 71.5 Å². The highest BCUT2D eigenvalue weighted by atomic mass is 32.2. The summed E-state index contributed by atoms with van der Waals surface area (Å²) in [5.74, 6) is 1.16. The molecule has 0 aliphatic carbocycles. The van der Waals surface area contributed by atoms with E-state index in [0.29, 0.717) is 24.5 Å². The van der Waals surface area contributed by atoms with E-state index in [9.17, 15) is 9.00 Å². The van der Waals surface area contributed by atoms with E-state index in [-0.39, 0.29) is 12.1 Å². The van der Waals surface area contributed by atoms with E-state index in [1.165, 1.54) is 0 Å². The van der Waals surface area contributed by atoms with Crippen molar-refractivity contribution in [2.24, 2.45) is 0 Å². The maximum absolute atomic E-state index is 12.7. The van der Waals surface area contributed by atoms with E-state index >= 15 is 0 Å². The summed E-state index contributed by atoms with van der Waals surface area (Å²) in [6, 6.07) is 20.4. The molecule has 2 heterocycles. The predicted molar refractivity (Wildman–Crippen MR) is 117 cm³/mol. The summed E-state index contributed by atoms with van der Waals surface area (Å²) in [6.45, 7) is 1.17. The lowest BCUT2D eigenvalue weighted by atomic mass is 10.2. The third kappa shape index (κ3) is 5.24. The number of hydrogen-bond acceptors (Lipinski definition) is 4. The molecule has 1 aliphatic heterocycles. The van der Waals surface area contributed by atoms with Crippen LogP contribution in [0.1, 0.15) is 12.0 Å². The maximum Gasteiger partial charge on any atom is 0.321 e. The average Bonchev–Trinajstić information content (AvgIpc) is 3.24. The first-order chi connectivity index (χ1) is 14.7. The summed E-state index contributed by atoms with van der Waals surface area (Å²) < 4.78 is 18.5. The summed E-state index contributed by atoms with van der Waals surface area (Å²) in [4.78, 5) is 19.2. The highest BCUT2D eigenvalue weighted by Crippen LogP contribution is 2.20. The van der Waals surface area contributed by atoms with E-state index in [2.05, 4.69) is 10.3 Å². The summed E-state index contributed by atoms with van der Waals surface area (Å²) in [5, 5.41) is 2.94. The minimum atomic E-state index is -1.13. The van der Waals surface area contributed by atoms with Crippen LogP contribution in [0, 0.1) is 0 Å². The van der Waals surface area contributed by atoms with Crippen molar-refractivity contribution < 1.29 is 13.7 Å². The lowest BCUT2D eigenvalue weighted by Gasteiger charge is -2.18. The second-order valence-electron chi connectivity index (χ2n) is 7.09. The highest BCUT2D eigenvalue weighted by Gasteiger charge is 2.27. The number of pyridine rings is 1.